The number of rotatable bonds is 6. The zero-order chi connectivity index (χ0) is 55.2. The van der Waals surface area contributed by atoms with Gasteiger partial charge in [-0.15, -0.1) is 0 Å². The average Bonchev–Trinajstić information content (AvgIpc) is 4.45. The fourth-order valence-electron chi connectivity index (χ4n) is 9.92. The minimum Gasteiger partial charge on any atom is -0.456 e. The third kappa shape index (κ3) is 11.5. The quantitative estimate of drug-likeness (QED) is 0.153. The predicted molar refractivity (Wildman–Crippen MR) is 334 cm³/mol. The molecule has 11 nitrogen and oxygen atoms in total. The highest BCUT2D eigenvalue weighted by Gasteiger charge is 2.21. The van der Waals surface area contributed by atoms with Gasteiger partial charge in [-0.1, -0.05) is 207 Å². The molecule has 0 amide bonds. The van der Waals surface area contributed by atoms with Crippen LogP contribution in [0, 0.1) is 0 Å². The lowest BCUT2D eigenvalue weighted by Gasteiger charge is -2.11. The van der Waals surface area contributed by atoms with Crippen molar-refractivity contribution >= 4 is 113 Å². The maximum atomic E-state index is 9.13. The van der Waals surface area contributed by atoms with Gasteiger partial charge in [-0.3, -0.25) is 0 Å². The van der Waals surface area contributed by atoms with Crippen molar-refractivity contribution in [2.24, 2.45) is 0 Å². The highest BCUT2D eigenvalue weighted by atomic mass is 35.5. The minimum atomic E-state index is -1.46. The second-order valence-corrected chi connectivity index (χ2v) is 20.0. The Hall–Kier alpha value is -8.85. The molecule has 15 heteroatoms. The Balaban J connectivity index is 0.000000133. The fraction of sp³-hybridized carbons (Fsp3) is 0.0746. The Morgan fingerprint density at radius 1 is 0.341 bits per heavy atom. The van der Waals surface area contributed by atoms with E-state index in [0.29, 0.717) is 44.6 Å². The van der Waals surface area contributed by atoms with E-state index in [4.69, 9.17) is 73.4 Å². The van der Waals surface area contributed by atoms with Crippen molar-refractivity contribution in [1.82, 2.24) is 29.9 Å². The zero-order valence-electron chi connectivity index (χ0n) is 43.1. The van der Waals surface area contributed by atoms with Gasteiger partial charge in [0.1, 0.15) is 22.3 Å². The Morgan fingerprint density at radius 2 is 0.732 bits per heavy atom. The van der Waals surface area contributed by atoms with E-state index in [1.807, 2.05) is 200 Å². The molecule has 0 saturated carbocycles. The molecule has 10 aromatic carbocycles. The van der Waals surface area contributed by atoms with Crippen LogP contribution in [0.2, 0.25) is 15.3 Å². The molecule has 0 bridgehead atoms. The summed E-state index contributed by atoms with van der Waals surface area (Å²) in [4.78, 5) is 28.2. The molecule has 0 atom stereocenters. The van der Waals surface area contributed by atoms with Crippen molar-refractivity contribution in [3.63, 3.8) is 0 Å². The molecule has 0 spiro atoms. The number of nitrogens with zero attached hydrogens (tertiary/aromatic N) is 6. The van der Waals surface area contributed by atoms with E-state index in [1.165, 1.54) is 12.8 Å². The maximum absolute atomic E-state index is 9.13. The molecule has 0 radical (unpaired) electrons. The number of benzene rings is 10. The summed E-state index contributed by atoms with van der Waals surface area (Å²) in [6, 6.07) is 70.1. The van der Waals surface area contributed by atoms with Gasteiger partial charge in [-0.05, 0) is 88.5 Å². The molecule has 402 valence electrons. The summed E-state index contributed by atoms with van der Waals surface area (Å²) in [6.45, 7) is 2.00. The lowest BCUT2D eigenvalue weighted by atomic mass is 9.77. The van der Waals surface area contributed by atoms with Crippen LogP contribution in [0.25, 0.3) is 122 Å². The normalized spacial score (nSPS) is 11.9. The summed E-state index contributed by atoms with van der Waals surface area (Å²) < 4.78 is 17.0. The number of fused-ring (bicyclic) bond motifs is 8. The van der Waals surface area contributed by atoms with Crippen LogP contribution in [0.4, 0.5) is 0 Å². The molecule has 1 aliphatic heterocycles. The Bertz CT molecular complexity index is 4550. The molecule has 2 N–H and O–H groups in total. The largest absolute Gasteiger partial charge is 0.489 e. The van der Waals surface area contributed by atoms with Crippen LogP contribution in [0.5, 0.6) is 0 Å². The van der Waals surface area contributed by atoms with E-state index in [9.17, 15) is 0 Å². The average molecular weight is 1140 g/mol. The van der Waals surface area contributed by atoms with Gasteiger partial charge in [-0.25, -0.2) is 19.9 Å². The molecule has 1 aliphatic rings. The van der Waals surface area contributed by atoms with Crippen LogP contribution in [-0.2, 0) is 4.74 Å². The number of ether oxygens (including phenoxy) is 1. The van der Waals surface area contributed by atoms with E-state index < -0.39 is 7.12 Å². The van der Waals surface area contributed by atoms with Gasteiger partial charge in [0, 0.05) is 78.0 Å². The number of hydrogen-bond donors (Lipinski definition) is 2. The highest BCUT2D eigenvalue weighted by molar-refractivity contribution is 6.62. The van der Waals surface area contributed by atoms with Gasteiger partial charge in [0.05, 0.1) is 0 Å². The molecule has 82 heavy (non-hydrogen) atoms. The van der Waals surface area contributed by atoms with E-state index in [-0.39, 0.29) is 12.7 Å². The Morgan fingerprint density at radius 3 is 1.24 bits per heavy atom. The summed E-state index contributed by atoms with van der Waals surface area (Å²) in [6.07, 6.45) is 2.56. The summed E-state index contributed by atoms with van der Waals surface area (Å²) >= 11 is 18.7. The van der Waals surface area contributed by atoms with Gasteiger partial charge < -0.3 is 23.6 Å². The van der Waals surface area contributed by atoms with Crippen molar-refractivity contribution in [1.29, 1.82) is 0 Å². The molecule has 5 heterocycles. The number of para-hydroxylation sites is 2. The third-order valence-corrected chi connectivity index (χ3v) is 14.5. The van der Waals surface area contributed by atoms with Gasteiger partial charge in [0.2, 0.25) is 5.28 Å². The summed E-state index contributed by atoms with van der Waals surface area (Å²) in [5, 5.41) is 27.3. The second kappa shape index (κ2) is 24.9. The van der Waals surface area contributed by atoms with Crippen LogP contribution in [0.3, 0.4) is 0 Å². The van der Waals surface area contributed by atoms with E-state index in [0.717, 1.165) is 106 Å². The molecule has 14 aromatic rings. The fourth-order valence-corrected chi connectivity index (χ4v) is 10.5. The molecular weight excluding hydrogens is 1090 g/mol. The molecule has 0 aliphatic carbocycles. The van der Waals surface area contributed by atoms with Crippen LogP contribution in [0.1, 0.15) is 20.3 Å². The van der Waals surface area contributed by atoms with Gasteiger partial charge in [0.25, 0.3) is 0 Å². The van der Waals surface area contributed by atoms with Crippen molar-refractivity contribution in [3.8, 4) is 56.9 Å². The molecule has 0 unspecified atom stereocenters. The van der Waals surface area contributed by atoms with E-state index in [2.05, 4.69) is 21.0 Å². The van der Waals surface area contributed by atoms with Crippen LogP contribution in [0.15, 0.2) is 227 Å². The Kier molecular flexibility index (Phi) is 16.7. The summed E-state index contributed by atoms with van der Waals surface area (Å²) in [5.74, 6) is 2.87. The SMILES string of the molecule is C.C1CCOC1.Clc1ccc(-c2nc(-c3ccccc3)nc(-c3cccc4oc5ccccc5c34)n2)c2ccccc12.Clc1nc(-c2ccccc2)nc(-c2cccc3oc4ccccc4c23)n1.OB(O)c1ccc(Cl)c2ccccc12. The first kappa shape index (κ1) is 55.1. The van der Waals surface area contributed by atoms with Gasteiger partial charge >= 0.3 is 7.12 Å². The minimum absolute atomic E-state index is 0. The Labute approximate surface area is 487 Å². The smallest absolute Gasteiger partial charge is 0.456 e. The third-order valence-electron chi connectivity index (χ3n) is 13.7. The van der Waals surface area contributed by atoms with Crippen molar-refractivity contribution in [2.45, 2.75) is 20.3 Å². The van der Waals surface area contributed by atoms with Crippen LogP contribution < -0.4 is 5.46 Å². The number of aromatic nitrogens is 6. The van der Waals surface area contributed by atoms with Crippen molar-refractivity contribution < 1.29 is 23.6 Å². The first-order valence-electron chi connectivity index (χ1n) is 26.1. The molecule has 15 rings (SSSR count). The zero-order valence-corrected chi connectivity index (χ0v) is 45.4. The second-order valence-electron chi connectivity index (χ2n) is 18.9. The monoisotopic (exact) mass is 1130 g/mol. The number of hydrogen-bond acceptors (Lipinski definition) is 11. The lowest BCUT2D eigenvalue weighted by molar-refractivity contribution is 0.198. The van der Waals surface area contributed by atoms with Crippen molar-refractivity contribution in [3.05, 3.63) is 234 Å². The van der Waals surface area contributed by atoms with E-state index >= 15 is 0 Å². The molecule has 4 aromatic heterocycles. The summed E-state index contributed by atoms with van der Waals surface area (Å²) in [5.41, 5.74) is 8.22. The molecular formula is C67H50BCl3N6O5. The topological polar surface area (TPSA) is 153 Å². The summed E-state index contributed by atoms with van der Waals surface area (Å²) in [7, 11) is -1.46. The van der Waals surface area contributed by atoms with Crippen LogP contribution >= 0.6 is 34.8 Å². The van der Waals surface area contributed by atoms with Crippen molar-refractivity contribution in [2.75, 3.05) is 13.2 Å². The molecule has 1 fully saturated rings. The highest BCUT2D eigenvalue weighted by Crippen LogP contribution is 2.39. The predicted octanol–water partition coefficient (Wildman–Crippen LogP) is 16.9. The standard InChI is InChI=1S/C31H18ClN3O.C21H12ClN3O.C10H8BClO2.C4H8O.CH4/c32-25-18-17-22(20-11-4-5-12-21(20)25)30-33-29(19-9-2-1-3-10-19)34-31(35-30)24-14-8-16-27-28(24)23-13-6-7-15-26(23)36-27;22-21-24-19(13-7-2-1-3-8-13)23-20(25-21)15-10-6-12-17-18(15)14-9-4-5-11-16(14)26-17;12-10-6-5-9(11(13)14)7-3-1-2-4-8(7)10;1-2-4-5-3-1;/h1-18H;1-12H;1-6,13-14H;1-4H2;1H4. The number of halogens is 3. The lowest BCUT2D eigenvalue weighted by Crippen LogP contribution is -2.30. The molecule has 1 saturated heterocycles. The number of furan rings is 2. The first-order chi connectivity index (χ1) is 39.8. The van der Waals surface area contributed by atoms with Gasteiger partial charge in [-0.2, -0.15) is 9.97 Å². The first-order valence-corrected chi connectivity index (χ1v) is 27.3. The van der Waals surface area contributed by atoms with Crippen LogP contribution in [-0.4, -0.2) is 60.3 Å². The van der Waals surface area contributed by atoms with Gasteiger partial charge in [0.15, 0.2) is 29.1 Å². The maximum Gasteiger partial charge on any atom is 0.489 e. The van der Waals surface area contributed by atoms with E-state index in [1.54, 1.807) is 12.1 Å².